The fraction of sp³-hybridized carbons (Fsp3) is 0.524. The van der Waals surface area contributed by atoms with Crippen LogP contribution in [0.1, 0.15) is 25.3 Å². The van der Waals surface area contributed by atoms with Crippen molar-refractivity contribution in [3.05, 3.63) is 29.8 Å². The Balaban J connectivity index is 1.66. The number of para-hydroxylation sites is 1. The molecule has 1 aromatic rings. The zero-order valence-electron chi connectivity index (χ0n) is 17.6. The molecule has 0 bridgehead atoms. The highest BCUT2D eigenvalue weighted by atomic mass is 35.5. The SMILES string of the molecule is C[C@@H](NC(=O)[C@@H]1C[C@H](CO)CN1C(=O)CNc1ccccc1C(=N)C(N)=O)[C@H]1CC1(Cl)Cl. The quantitative estimate of drug-likeness (QED) is 0.260. The number of alkyl halides is 2. The molecule has 32 heavy (non-hydrogen) atoms. The van der Waals surface area contributed by atoms with Gasteiger partial charge in [0.15, 0.2) is 0 Å². The number of hydrogen-bond acceptors (Lipinski definition) is 6. The van der Waals surface area contributed by atoms with Gasteiger partial charge in [0.25, 0.3) is 5.91 Å². The first-order valence-electron chi connectivity index (χ1n) is 10.3. The summed E-state index contributed by atoms with van der Waals surface area (Å²) in [4.78, 5) is 38.7. The number of carbonyl (C=O) groups excluding carboxylic acids is 3. The molecule has 1 saturated carbocycles. The van der Waals surface area contributed by atoms with Gasteiger partial charge >= 0.3 is 0 Å². The van der Waals surface area contributed by atoms with E-state index in [2.05, 4.69) is 10.6 Å². The van der Waals surface area contributed by atoms with Crippen LogP contribution in [0.15, 0.2) is 24.3 Å². The summed E-state index contributed by atoms with van der Waals surface area (Å²) >= 11 is 12.2. The van der Waals surface area contributed by atoms with Crippen LogP contribution in [0.2, 0.25) is 0 Å². The molecule has 0 aromatic heterocycles. The minimum absolute atomic E-state index is 0.0484. The maximum absolute atomic E-state index is 13.0. The maximum atomic E-state index is 13.0. The lowest BCUT2D eigenvalue weighted by atomic mass is 10.1. The number of nitrogens with two attached hydrogens (primary N) is 1. The summed E-state index contributed by atoms with van der Waals surface area (Å²) in [6, 6.07) is 5.58. The Kier molecular flexibility index (Phi) is 7.32. The molecule has 6 N–H and O–H groups in total. The van der Waals surface area contributed by atoms with Crippen LogP contribution in [0, 0.1) is 17.2 Å². The number of nitrogens with zero attached hydrogens (tertiary/aromatic N) is 1. The number of halogens is 2. The van der Waals surface area contributed by atoms with Crippen LogP contribution in [0.4, 0.5) is 5.69 Å². The minimum atomic E-state index is -0.879. The molecular weight excluding hydrogens is 457 g/mol. The summed E-state index contributed by atoms with van der Waals surface area (Å²) in [5.41, 5.74) is 5.52. The van der Waals surface area contributed by atoms with Crippen molar-refractivity contribution < 1.29 is 19.5 Å². The van der Waals surface area contributed by atoms with Crippen molar-refractivity contribution in [1.29, 1.82) is 5.41 Å². The molecule has 1 saturated heterocycles. The highest BCUT2D eigenvalue weighted by Gasteiger charge is 2.55. The Morgan fingerprint density at radius 1 is 1.34 bits per heavy atom. The standard InChI is InChI=1S/C21H27Cl2N5O4/c1-11(14-7-21(14,22)23)27-20(32)16-6-12(10-29)9-28(16)17(30)8-26-15-5-3-2-4-13(15)18(24)19(25)31/h2-5,11-12,14,16,24,26,29H,6-10H2,1H3,(H2,25,31)(H,27,32)/t11-,12+,14-,16+/m1/s1. The topological polar surface area (TPSA) is 149 Å². The summed E-state index contributed by atoms with van der Waals surface area (Å²) in [6.07, 6.45) is 0.940. The monoisotopic (exact) mass is 483 g/mol. The second-order valence-corrected chi connectivity index (χ2v) is 9.90. The number of hydrogen-bond donors (Lipinski definition) is 5. The molecule has 3 amide bonds. The van der Waals surface area contributed by atoms with Crippen LogP contribution in [0.25, 0.3) is 0 Å². The van der Waals surface area contributed by atoms with Gasteiger partial charge < -0.3 is 26.4 Å². The van der Waals surface area contributed by atoms with E-state index in [0.29, 0.717) is 18.5 Å². The third-order valence-electron chi connectivity index (χ3n) is 5.99. The number of amides is 3. The molecule has 0 spiro atoms. The van der Waals surface area contributed by atoms with E-state index in [0.717, 1.165) is 0 Å². The highest BCUT2D eigenvalue weighted by molar-refractivity contribution is 6.51. The molecule has 1 aliphatic carbocycles. The van der Waals surface area contributed by atoms with E-state index in [-0.39, 0.29) is 60.7 Å². The lowest BCUT2D eigenvalue weighted by Gasteiger charge is -2.26. The zero-order chi connectivity index (χ0) is 23.6. The van der Waals surface area contributed by atoms with Gasteiger partial charge in [-0.3, -0.25) is 19.8 Å². The molecule has 2 fully saturated rings. The number of likely N-dealkylation sites (tertiary alicyclic amines) is 1. The summed E-state index contributed by atoms with van der Waals surface area (Å²) in [5, 5.41) is 23.2. The Labute approximate surface area is 196 Å². The Morgan fingerprint density at radius 3 is 2.59 bits per heavy atom. The van der Waals surface area contributed by atoms with E-state index < -0.39 is 16.3 Å². The van der Waals surface area contributed by atoms with E-state index >= 15 is 0 Å². The van der Waals surface area contributed by atoms with E-state index in [1.165, 1.54) is 4.90 Å². The van der Waals surface area contributed by atoms with Crippen molar-refractivity contribution in [1.82, 2.24) is 10.2 Å². The molecule has 1 aliphatic heterocycles. The largest absolute Gasteiger partial charge is 0.396 e. The fourth-order valence-electron chi connectivity index (χ4n) is 4.04. The molecular formula is C21H27Cl2N5O4. The predicted octanol–water partition coefficient (Wildman–Crippen LogP) is 0.860. The van der Waals surface area contributed by atoms with Crippen molar-refractivity contribution in [2.45, 2.75) is 36.2 Å². The van der Waals surface area contributed by atoms with Crippen LogP contribution in [0.5, 0.6) is 0 Å². The van der Waals surface area contributed by atoms with Gasteiger partial charge in [-0.2, -0.15) is 0 Å². The summed E-state index contributed by atoms with van der Waals surface area (Å²) in [6.45, 7) is 1.78. The molecule has 11 heteroatoms. The van der Waals surface area contributed by atoms with Crippen LogP contribution in [-0.2, 0) is 14.4 Å². The van der Waals surface area contributed by atoms with Gasteiger partial charge in [0, 0.05) is 42.3 Å². The number of anilines is 1. The number of nitrogens with one attached hydrogen (secondary N) is 3. The van der Waals surface area contributed by atoms with Crippen LogP contribution in [-0.4, -0.2) is 69.6 Å². The van der Waals surface area contributed by atoms with Gasteiger partial charge in [-0.25, -0.2) is 0 Å². The second kappa shape index (κ2) is 9.64. The predicted molar refractivity (Wildman–Crippen MR) is 122 cm³/mol. The number of carbonyl (C=O) groups is 3. The lowest BCUT2D eigenvalue weighted by molar-refractivity contribution is -0.137. The van der Waals surface area contributed by atoms with Crippen molar-refractivity contribution in [2.75, 3.05) is 25.0 Å². The lowest BCUT2D eigenvalue weighted by Crippen LogP contribution is -2.50. The highest BCUT2D eigenvalue weighted by Crippen LogP contribution is 2.54. The number of aliphatic hydroxyl groups excluding tert-OH is 1. The third-order valence-corrected chi connectivity index (χ3v) is 6.86. The second-order valence-electron chi connectivity index (χ2n) is 8.35. The van der Waals surface area contributed by atoms with Crippen LogP contribution in [0.3, 0.4) is 0 Å². The summed E-state index contributed by atoms with van der Waals surface area (Å²) in [7, 11) is 0. The normalized spacial score (nSPS) is 24.5. The molecule has 9 nitrogen and oxygen atoms in total. The molecule has 1 heterocycles. The first-order chi connectivity index (χ1) is 15.0. The fourth-order valence-corrected chi connectivity index (χ4v) is 4.75. The van der Waals surface area contributed by atoms with Gasteiger partial charge in [0.05, 0.1) is 6.54 Å². The molecule has 4 atom stereocenters. The van der Waals surface area contributed by atoms with Crippen LogP contribution < -0.4 is 16.4 Å². The third kappa shape index (κ3) is 5.33. The number of benzene rings is 1. The Bertz CT molecular complexity index is 925. The van der Waals surface area contributed by atoms with E-state index in [9.17, 15) is 19.5 Å². The molecule has 174 valence electrons. The molecule has 0 unspecified atom stereocenters. The van der Waals surface area contributed by atoms with Crippen molar-refractivity contribution >= 4 is 52.3 Å². The Morgan fingerprint density at radius 2 is 2.00 bits per heavy atom. The van der Waals surface area contributed by atoms with Crippen molar-refractivity contribution in [3.63, 3.8) is 0 Å². The van der Waals surface area contributed by atoms with E-state index in [4.69, 9.17) is 34.3 Å². The van der Waals surface area contributed by atoms with Gasteiger partial charge in [0.2, 0.25) is 11.8 Å². The average molecular weight is 484 g/mol. The van der Waals surface area contributed by atoms with Gasteiger partial charge in [0.1, 0.15) is 16.1 Å². The molecule has 2 aliphatic rings. The maximum Gasteiger partial charge on any atom is 0.267 e. The number of primary amides is 1. The summed E-state index contributed by atoms with van der Waals surface area (Å²) < 4.78 is -0.832. The van der Waals surface area contributed by atoms with Gasteiger partial charge in [-0.1, -0.05) is 18.2 Å². The summed E-state index contributed by atoms with van der Waals surface area (Å²) in [5.74, 6) is -1.79. The number of rotatable bonds is 9. The minimum Gasteiger partial charge on any atom is -0.396 e. The van der Waals surface area contributed by atoms with E-state index in [1.807, 2.05) is 6.92 Å². The van der Waals surface area contributed by atoms with Crippen molar-refractivity contribution in [2.24, 2.45) is 17.6 Å². The average Bonchev–Trinajstić information content (AvgIpc) is 3.20. The Hall–Kier alpha value is -2.36. The van der Waals surface area contributed by atoms with Gasteiger partial charge in [-0.15, -0.1) is 23.2 Å². The first kappa shape index (κ1) is 24.3. The van der Waals surface area contributed by atoms with Crippen molar-refractivity contribution in [3.8, 4) is 0 Å². The van der Waals surface area contributed by atoms with Gasteiger partial charge in [-0.05, 0) is 25.8 Å². The molecule has 3 rings (SSSR count). The van der Waals surface area contributed by atoms with Crippen LogP contribution >= 0.6 is 23.2 Å². The zero-order valence-corrected chi connectivity index (χ0v) is 19.1. The smallest absolute Gasteiger partial charge is 0.267 e. The van der Waals surface area contributed by atoms with E-state index in [1.54, 1.807) is 24.3 Å². The molecule has 1 aromatic carbocycles. The molecule has 0 radical (unpaired) electrons. The first-order valence-corrected chi connectivity index (χ1v) is 11.1. The number of aliphatic hydroxyl groups is 1.